The molecule has 1 aromatic rings. The minimum atomic E-state index is 0.319. The lowest BCUT2D eigenvalue weighted by Gasteiger charge is -2.08. The van der Waals surface area contributed by atoms with E-state index in [2.05, 4.69) is 4.99 Å². The highest BCUT2D eigenvalue weighted by molar-refractivity contribution is 6.36. The number of benzene rings is 1. The summed E-state index contributed by atoms with van der Waals surface area (Å²) in [7, 11) is 0. The highest BCUT2D eigenvalue weighted by Crippen LogP contribution is 2.25. The van der Waals surface area contributed by atoms with Crippen LogP contribution in [-0.4, -0.2) is 12.5 Å². The third-order valence-corrected chi connectivity index (χ3v) is 2.58. The minimum Gasteiger partial charge on any atom is -0.480 e. The van der Waals surface area contributed by atoms with Crippen LogP contribution in [0.25, 0.3) is 0 Å². The van der Waals surface area contributed by atoms with E-state index in [1.165, 1.54) is 0 Å². The van der Waals surface area contributed by atoms with Gasteiger partial charge in [0.15, 0.2) is 0 Å². The van der Waals surface area contributed by atoms with Gasteiger partial charge in [0.05, 0.1) is 13.0 Å². The molecule has 84 valence electrons. The summed E-state index contributed by atoms with van der Waals surface area (Å²) in [4.78, 5) is 3.57. The van der Waals surface area contributed by atoms with Crippen molar-refractivity contribution >= 4 is 29.1 Å². The number of hydrogen-bond acceptors (Lipinski definition) is 3. The van der Waals surface area contributed by atoms with E-state index in [-0.39, 0.29) is 0 Å². The Kier molecular flexibility index (Phi) is 5.10. The average molecular weight is 257 g/mol. The fourth-order valence-electron chi connectivity index (χ4n) is 1.20. The Bertz CT molecular complexity index is 418. The van der Waals surface area contributed by atoms with E-state index < -0.39 is 0 Å². The number of aliphatic imine (C=N–C) groups is 1. The summed E-state index contributed by atoms with van der Waals surface area (Å²) in [6.07, 6.45) is 2.01. The van der Waals surface area contributed by atoms with E-state index in [0.717, 1.165) is 0 Å². The summed E-state index contributed by atoms with van der Waals surface area (Å²) in [5.74, 6) is 0.319. The number of halogens is 2. The molecule has 0 fully saturated rings. The maximum absolute atomic E-state index is 8.50. The van der Waals surface area contributed by atoms with Crippen LogP contribution >= 0.6 is 23.2 Å². The zero-order chi connectivity index (χ0) is 12.0. The van der Waals surface area contributed by atoms with Crippen molar-refractivity contribution in [2.24, 2.45) is 4.99 Å². The van der Waals surface area contributed by atoms with Crippen molar-refractivity contribution in [3.63, 3.8) is 0 Å². The molecule has 16 heavy (non-hydrogen) atoms. The van der Waals surface area contributed by atoms with Gasteiger partial charge in [-0.25, -0.2) is 0 Å². The molecule has 0 saturated heterocycles. The van der Waals surface area contributed by atoms with E-state index in [4.69, 9.17) is 33.2 Å². The van der Waals surface area contributed by atoms with Gasteiger partial charge in [0.2, 0.25) is 12.1 Å². The molecule has 0 aromatic heterocycles. The van der Waals surface area contributed by atoms with Crippen molar-refractivity contribution in [2.45, 2.75) is 13.3 Å². The van der Waals surface area contributed by atoms with Crippen molar-refractivity contribution < 1.29 is 4.74 Å². The molecule has 0 N–H and O–H groups in total. The molecule has 0 amide bonds. The molecular formula is C11H10Cl2N2O. The van der Waals surface area contributed by atoms with E-state index in [1.54, 1.807) is 24.4 Å². The first kappa shape index (κ1) is 12.8. The number of nitriles is 1. The summed E-state index contributed by atoms with van der Waals surface area (Å²) >= 11 is 12.0. The molecule has 0 aliphatic rings. The molecular weight excluding hydrogens is 247 g/mol. The number of nitrogens with zero attached hydrogens (tertiary/aromatic N) is 2. The second kappa shape index (κ2) is 6.37. The quantitative estimate of drug-likeness (QED) is 0.473. The van der Waals surface area contributed by atoms with Gasteiger partial charge in [0.1, 0.15) is 0 Å². The van der Waals surface area contributed by atoms with Crippen LogP contribution < -0.4 is 0 Å². The van der Waals surface area contributed by atoms with Crippen LogP contribution in [0, 0.1) is 11.5 Å². The van der Waals surface area contributed by atoms with Gasteiger partial charge in [-0.1, -0.05) is 29.3 Å². The van der Waals surface area contributed by atoms with Crippen LogP contribution in [0.5, 0.6) is 0 Å². The second-order valence-electron chi connectivity index (χ2n) is 2.92. The molecule has 0 saturated carbocycles. The maximum Gasteiger partial charge on any atom is 0.208 e. The van der Waals surface area contributed by atoms with Gasteiger partial charge in [0.25, 0.3) is 0 Å². The monoisotopic (exact) mass is 256 g/mol. The molecule has 5 heteroatoms. The largest absolute Gasteiger partial charge is 0.480 e. The first-order chi connectivity index (χ1) is 7.69. The highest BCUT2D eigenvalue weighted by atomic mass is 35.5. The van der Waals surface area contributed by atoms with Crippen molar-refractivity contribution in [3.8, 4) is 6.19 Å². The predicted molar refractivity (Wildman–Crippen MR) is 64.8 cm³/mol. The Morgan fingerprint density at radius 2 is 2.06 bits per heavy atom. The Balaban J connectivity index is 2.94. The SMILES string of the molecule is CCOC(Cc1c(Cl)cccc1Cl)=NC#N. The molecule has 0 atom stereocenters. The Labute approximate surface area is 104 Å². The molecule has 0 unspecified atom stereocenters. The Morgan fingerprint density at radius 1 is 1.44 bits per heavy atom. The van der Waals surface area contributed by atoms with Gasteiger partial charge < -0.3 is 4.74 Å². The van der Waals surface area contributed by atoms with Crippen molar-refractivity contribution in [2.75, 3.05) is 6.61 Å². The smallest absolute Gasteiger partial charge is 0.208 e. The molecule has 0 heterocycles. The van der Waals surface area contributed by atoms with Crippen LogP contribution in [0.3, 0.4) is 0 Å². The fourth-order valence-corrected chi connectivity index (χ4v) is 1.73. The number of rotatable bonds is 3. The van der Waals surface area contributed by atoms with Gasteiger partial charge in [-0.05, 0) is 24.6 Å². The van der Waals surface area contributed by atoms with E-state index in [0.29, 0.717) is 34.5 Å². The first-order valence-corrected chi connectivity index (χ1v) is 5.46. The standard InChI is InChI=1S/C11H10Cl2N2O/c1-2-16-11(15-7-14)6-8-9(12)4-3-5-10(8)13/h3-5H,2,6H2,1H3. The zero-order valence-electron chi connectivity index (χ0n) is 8.70. The van der Waals surface area contributed by atoms with Crippen LogP contribution in [0.4, 0.5) is 0 Å². The van der Waals surface area contributed by atoms with Crippen molar-refractivity contribution in [1.82, 2.24) is 0 Å². The van der Waals surface area contributed by atoms with E-state index in [1.807, 2.05) is 6.92 Å². The predicted octanol–water partition coefficient (Wildman–Crippen LogP) is 3.45. The summed E-state index contributed by atoms with van der Waals surface area (Å²) in [5.41, 5.74) is 0.716. The minimum absolute atomic E-state index is 0.319. The first-order valence-electron chi connectivity index (χ1n) is 4.70. The van der Waals surface area contributed by atoms with Crippen LogP contribution in [-0.2, 0) is 11.2 Å². The lowest BCUT2D eigenvalue weighted by molar-refractivity contribution is 0.320. The fraction of sp³-hybridized carbons (Fsp3) is 0.273. The lowest BCUT2D eigenvalue weighted by Crippen LogP contribution is -2.09. The van der Waals surface area contributed by atoms with Gasteiger partial charge >= 0.3 is 0 Å². The molecule has 0 radical (unpaired) electrons. The average Bonchev–Trinajstić information content (AvgIpc) is 2.24. The third kappa shape index (κ3) is 3.41. The number of hydrogen-bond donors (Lipinski definition) is 0. The summed E-state index contributed by atoms with van der Waals surface area (Å²) in [6, 6.07) is 5.23. The topological polar surface area (TPSA) is 45.4 Å². The lowest BCUT2D eigenvalue weighted by atomic mass is 10.1. The van der Waals surface area contributed by atoms with Crippen LogP contribution in [0.1, 0.15) is 12.5 Å². The van der Waals surface area contributed by atoms with Gasteiger partial charge in [0, 0.05) is 10.0 Å². The van der Waals surface area contributed by atoms with Crippen LogP contribution in [0.15, 0.2) is 23.2 Å². The van der Waals surface area contributed by atoms with Gasteiger partial charge in [-0.3, -0.25) is 0 Å². The molecule has 1 rings (SSSR count). The summed E-state index contributed by atoms with van der Waals surface area (Å²) < 4.78 is 5.21. The Hall–Kier alpha value is -1.24. The molecule has 0 aliphatic carbocycles. The highest BCUT2D eigenvalue weighted by Gasteiger charge is 2.10. The molecule has 0 spiro atoms. The molecule has 1 aromatic carbocycles. The molecule has 0 aliphatic heterocycles. The van der Waals surface area contributed by atoms with Gasteiger partial charge in [-0.2, -0.15) is 5.26 Å². The normalized spacial score (nSPS) is 11.0. The maximum atomic E-state index is 8.50. The molecule has 3 nitrogen and oxygen atoms in total. The zero-order valence-corrected chi connectivity index (χ0v) is 10.2. The molecule has 0 bridgehead atoms. The summed E-state index contributed by atoms with van der Waals surface area (Å²) in [5, 5.41) is 9.58. The van der Waals surface area contributed by atoms with E-state index in [9.17, 15) is 0 Å². The third-order valence-electron chi connectivity index (χ3n) is 1.88. The van der Waals surface area contributed by atoms with Crippen molar-refractivity contribution in [3.05, 3.63) is 33.8 Å². The summed E-state index contributed by atoms with van der Waals surface area (Å²) in [6.45, 7) is 2.27. The van der Waals surface area contributed by atoms with E-state index >= 15 is 0 Å². The second-order valence-corrected chi connectivity index (χ2v) is 3.73. The Morgan fingerprint density at radius 3 is 2.56 bits per heavy atom. The van der Waals surface area contributed by atoms with Crippen molar-refractivity contribution in [1.29, 1.82) is 5.26 Å². The number of ether oxygens (including phenoxy) is 1. The van der Waals surface area contributed by atoms with Gasteiger partial charge in [-0.15, -0.1) is 4.99 Å². The van der Waals surface area contributed by atoms with Crippen LogP contribution in [0.2, 0.25) is 10.0 Å².